The molecule has 4 rings (SSSR count). The van der Waals surface area contributed by atoms with Crippen LogP contribution in [-0.4, -0.2) is 45.4 Å². The lowest BCUT2D eigenvalue weighted by Gasteiger charge is -2.11. The number of ether oxygens (including phenoxy) is 2. The standard InChI is InChI=1S/C21H23N3O5S/c1-24-11-3-6-20(24)23-30(26,27)17-5-2-4-16(13-17)22-21(25)10-8-15-7-9-18-19(12-15)29-14-28-18/h2,4-5,7,9,12-13H,3,6,8,10-11,14H2,1H3,(H,22,25). The lowest BCUT2D eigenvalue weighted by atomic mass is 10.1. The van der Waals surface area contributed by atoms with E-state index in [0.29, 0.717) is 35.9 Å². The molecule has 0 aliphatic carbocycles. The summed E-state index contributed by atoms with van der Waals surface area (Å²) in [7, 11) is -2.00. The van der Waals surface area contributed by atoms with Crippen molar-refractivity contribution in [2.45, 2.75) is 30.6 Å². The number of carbonyl (C=O) groups excluding carboxylic acids is 1. The maximum Gasteiger partial charge on any atom is 0.284 e. The molecule has 1 saturated heterocycles. The van der Waals surface area contributed by atoms with Crippen LogP contribution < -0.4 is 14.8 Å². The minimum atomic E-state index is -3.83. The first-order valence-corrected chi connectivity index (χ1v) is 11.2. The van der Waals surface area contributed by atoms with Crippen molar-refractivity contribution in [1.29, 1.82) is 0 Å². The average molecular weight is 429 g/mol. The molecule has 2 aromatic carbocycles. The molecule has 0 atom stereocenters. The van der Waals surface area contributed by atoms with Gasteiger partial charge in [-0.25, -0.2) is 0 Å². The first-order valence-electron chi connectivity index (χ1n) is 9.74. The zero-order valence-electron chi connectivity index (χ0n) is 16.6. The Morgan fingerprint density at radius 3 is 2.80 bits per heavy atom. The Balaban J connectivity index is 1.39. The van der Waals surface area contributed by atoms with Gasteiger partial charge < -0.3 is 19.7 Å². The number of aryl methyl sites for hydroxylation is 1. The molecule has 1 amide bonds. The third-order valence-electron chi connectivity index (χ3n) is 5.05. The van der Waals surface area contributed by atoms with E-state index >= 15 is 0 Å². The number of nitrogens with zero attached hydrogens (tertiary/aromatic N) is 2. The highest BCUT2D eigenvalue weighted by atomic mass is 32.2. The normalized spacial score (nSPS) is 16.8. The molecule has 2 aliphatic heterocycles. The molecule has 0 radical (unpaired) electrons. The minimum Gasteiger partial charge on any atom is -0.454 e. The molecule has 0 saturated carbocycles. The molecule has 2 aromatic rings. The molecular weight excluding hydrogens is 406 g/mol. The number of benzene rings is 2. The van der Waals surface area contributed by atoms with E-state index < -0.39 is 10.0 Å². The Morgan fingerprint density at radius 2 is 2.00 bits per heavy atom. The van der Waals surface area contributed by atoms with Crippen LogP contribution in [0.5, 0.6) is 11.5 Å². The third kappa shape index (κ3) is 4.56. The molecule has 30 heavy (non-hydrogen) atoms. The quantitative estimate of drug-likeness (QED) is 0.758. The molecule has 1 fully saturated rings. The predicted octanol–water partition coefficient (Wildman–Crippen LogP) is 2.80. The van der Waals surface area contributed by atoms with Crippen LogP contribution in [0.15, 0.2) is 51.8 Å². The monoisotopic (exact) mass is 429 g/mol. The van der Waals surface area contributed by atoms with E-state index in [9.17, 15) is 13.2 Å². The van der Waals surface area contributed by atoms with Crippen molar-refractivity contribution in [2.24, 2.45) is 4.40 Å². The summed E-state index contributed by atoms with van der Waals surface area (Å²) in [5, 5.41) is 2.76. The summed E-state index contributed by atoms with van der Waals surface area (Å²) in [6.45, 7) is 1.01. The molecule has 2 aliphatic rings. The number of likely N-dealkylation sites (tertiary alicyclic amines) is 1. The number of rotatable bonds is 6. The van der Waals surface area contributed by atoms with Crippen LogP contribution in [0, 0.1) is 0 Å². The SMILES string of the molecule is CN1CCCC1=NS(=O)(=O)c1cccc(NC(=O)CCc2ccc3c(c2)OCO3)c1. The van der Waals surface area contributed by atoms with Gasteiger partial charge in [0.25, 0.3) is 10.0 Å². The summed E-state index contributed by atoms with van der Waals surface area (Å²) in [5.74, 6) is 1.74. The van der Waals surface area contributed by atoms with E-state index in [-0.39, 0.29) is 24.0 Å². The highest BCUT2D eigenvalue weighted by Gasteiger charge is 2.20. The largest absolute Gasteiger partial charge is 0.454 e. The number of anilines is 1. The second-order valence-corrected chi connectivity index (χ2v) is 8.88. The van der Waals surface area contributed by atoms with Crippen molar-refractivity contribution in [3.05, 3.63) is 48.0 Å². The number of fused-ring (bicyclic) bond motifs is 1. The van der Waals surface area contributed by atoms with Crippen LogP contribution in [0.4, 0.5) is 5.69 Å². The fourth-order valence-electron chi connectivity index (χ4n) is 3.41. The van der Waals surface area contributed by atoms with Crippen molar-refractivity contribution in [2.75, 3.05) is 25.7 Å². The molecule has 0 unspecified atom stereocenters. The van der Waals surface area contributed by atoms with Gasteiger partial charge in [0, 0.05) is 32.1 Å². The molecule has 158 valence electrons. The average Bonchev–Trinajstić information content (AvgIpc) is 3.35. The predicted molar refractivity (Wildman–Crippen MR) is 112 cm³/mol. The fraction of sp³-hybridized carbons (Fsp3) is 0.333. The second kappa shape index (κ2) is 8.35. The third-order valence-corrected chi connectivity index (χ3v) is 6.35. The van der Waals surface area contributed by atoms with Crippen LogP contribution in [0.3, 0.4) is 0 Å². The highest BCUT2D eigenvalue weighted by molar-refractivity contribution is 7.90. The summed E-state index contributed by atoms with van der Waals surface area (Å²) >= 11 is 0. The molecule has 1 N–H and O–H groups in total. The van der Waals surface area contributed by atoms with Crippen molar-refractivity contribution < 1.29 is 22.7 Å². The van der Waals surface area contributed by atoms with Crippen molar-refractivity contribution in [3.8, 4) is 11.5 Å². The molecule has 8 nitrogen and oxygen atoms in total. The smallest absolute Gasteiger partial charge is 0.284 e. The number of amidine groups is 1. The highest BCUT2D eigenvalue weighted by Crippen LogP contribution is 2.32. The zero-order valence-corrected chi connectivity index (χ0v) is 17.4. The van der Waals surface area contributed by atoms with Gasteiger partial charge in [0.05, 0.1) is 4.90 Å². The molecule has 0 spiro atoms. The van der Waals surface area contributed by atoms with Gasteiger partial charge in [-0.3, -0.25) is 4.79 Å². The van der Waals surface area contributed by atoms with E-state index in [1.807, 2.05) is 30.1 Å². The summed E-state index contributed by atoms with van der Waals surface area (Å²) in [6.07, 6.45) is 2.32. The number of carbonyl (C=O) groups is 1. The number of hydrogen-bond acceptors (Lipinski definition) is 5. The van der Waals surface area contributed by atoms with Gasteiger partial charge in [0.15, 0.2) is 11.5 Å². The Hall–Kier alpha value is -3.07. The van der Waals surface area contributed by atoms with Crippen LogP contribution in [0.1, 0.15) is 24.8 Å². The summed E-state index contributed by atoms with van der Waals surface area (Å²) in [4.78, 5) is 14.3. The van der Waals surface area contributed by atoms with Crippen LogP contribution >= 0.6 is 0 Å². The summed E-state index contributed by atoms with van der Waals surface area (Å²) in [5.41, 5.74) is 1.38. The maximum atomic E-state index is 12.6. The van der Waals surface area contributed by atoms with Gasteiger partial charge >= 0.3 is 0 Å². The van der Waals surface area contributed by atoms with Gasteiger partial charge in [0.1, 0.15) is 5.84 Å². The van der Waals surface area contributed by atoms with Gasteiger partial charge in [0.2, 0.25) is 12.7 Å². The fourth-order valence-corrected chi connectivity index (χ4v) is 4.55. The topological polar surface area (TPSA) is 97.3 Å². The van der Waals surface area contributed by atoms with E-state index in [4.69, 9.17) is 9.47 Å². The summed E-state index contributed by atoms with van der Waals surface area (Å²) in [6, 6.07) is 11.8. The van der Waals surface area contributed by atoms with E-state index in [1.165, 1.54) is 12.1 Å². The van der Waals surface area contributed by atoms with Crippen LogP contribution in [-0.2, 0) is 21.2 Å². The molecule has 2 heterocycles. The lowest BCUT2D eigenvalue weighted by Crippen LogP contribution is -2.20. The molecule has 9 heteroatoms. The van der Waals surface area contributed by atoms with E-state index in [2.05, 4.69) is 9.71 Å². The van der Waals surface area contributed by atoms with E-state index in [0.717, 1.165) is 18.5 Å². The Kier molecular flexibility index (Phi) is 5.63. The van der Waals surface area contributed by atoms with Gasteiger partial charge in [-0.15, -0.1) is 4.40 Å². The van der Waals surface area contributed by atoms with Crippen molar-refractivity contribution >= 4 is 27.5 Å². The van der Waals surface area contributed by atoms with Crippen LogP contribution in [0.25, 0.3) is 0 Å². The maximum absolute atomic E-state index is 12.6. The summed E-state index contributed by atoms with van der Waals surface area (Å²) < 4.78 is 39.8. The lowest BCUT2D eigenvalue weighted by molar-refractivity contribution is -0.116. The zero-order chi connectivity index (χ0) is 21.1. The molecular formula is C21H23N3O5S. The van der Waals surface area contributed by atoms with Crippen molar-refractivity contribution in [3.63, 3.8) is 0 Å². The first kappa shape index (κ1) is 20.2. The second-order valence-electron chi connectivity index (χ2n) is 7.27. The number of nitrogens with one attached hydrogen (secondary N) is 1. The molecule has 0 aromatic heterocycles. The first-order chi connectivity index (χ1) is 14.4. The Bertz CT molecular complexity index is 1100. The number of amides is 1. The van der Waals surface area contributed by atoms with Crippen LogP contribution in [0.2, 0.25) is 0 Å². The Labute approximate surface area is 175 Å². The number of hydrogen-bond donors (Lipinski definition) is 1. The Morgan fingerprint density at radius 1 is 1.17 bits per heavy atom. The van der Waals surface area contributed by atoms with Crippen molar-refractivity contribution in [1.82, 2.24) is 4.90 Å². The van der Waals surface area contributed by atoms with Gasteiger partial charge in [-0.05, 0) is 48.7 Å². The van der Waals surface area contributed by atoms with E-state index in [1.54, 1.807) is 12.1 Å². The van der Waals surface area contributed by atoms with Gasteiger partial charge in [-0.1, -0.05) is 12.1 Å². The molecule has 0 bridgehead atoms. The minimum absolute atomic E-state index is 0.0591. The number of sulfonamides is 1. The van der Waals surface area contributed by atoms with Gasteiger partial charge in [-0.2, -0.15) is 8.42 Å².